The highest BCUT2D eigenvalue weighted by molar-refractivity contribution is 5.76. The Morgan fingerprint density at radius 1 is 0.903 bits per heavy atom. The number of rotatable bonds is 6. The van der Waals surface area contributed by atoms with E-state index in [0.29, 0.717) is 23.6 Å². The quantitative estimate of drug-likeness (QED) is 0.619. The molecular formula is C26H32FN3O. The summed E-state index contributed by atoms with van der Waals surface area (Å²) in [6.45, 7) is 4.99. The minimum Gasteiger partial charge on any atom is -0.343 e. The number of amides is 1. The number of fused-ring (bicyclic) bond motifs is 3. The van der Waals surface area contributed by atoms with Gasteiger partial charge in [0.1, 0.15) is 5.82 Å². The van der Waals surface area contributed by atoms with E-state index >= 15 is 0 Å². The maximum Gasteiger partial charge on any atom is 0.222 e. The van der Waals surface area contributed by atoms with Crippen LogP contribution in [0, 0.1) is 5.82 Å². The molecule has 3 heterocycles. The van der Waals surface area contributed by atoms with Gasteiger partial charge in [0.2, 0.25) is 5.91 Å². The number of carbonyl (C=O) groups excluding carboxylic acids is 1. The molecule has 31 heavy (non-hydrogen) atoms. The van der Waals surface area contributed by atoms with Crippen molar-refractivity contribution in [2.75, 3.05) is 37.6 Å². The maximum absolute atomic E-state index is 14.7. The van der Waals surface area contributed by atoms with E-state index in [1.165, 1.54) is 5.56 Å². The molecule has 2 atom stereocenters. The van der Waals surface area contributed by atoms with E-state index < -0.39 is 0 Å². The minimum absolute atomic E-state index is 0.146. The molecule has 0 aromatic heterocycles. The first-order valence-electron chi connectivity index (χ1n) is 11.9. The highest BCUT2D eigenvalue weighted by Crippen LogP contribution is 2.48. The van der Waals surface area contributed by atoms with Crippen LogP contribution in [0.2, 0.25) is 0 Å². The van der Waals surface area contributed by atoms with Crippen molar-refractivity contribution in [1.29, 1.82) is 0 Å². The Bertz CT molecular complexity index is 932. The van der Waals surface area contributed by atoms with E-state index in [-0.39, 0.29) is 5.82 Å². The lowest BCUT2D eigenvalue weighted by molar-refractivity contribution is -0.133. The molecule has 0 saturated carbocycles. The lowest BCUT2D eigenvalue weighted by Crippen LogP contribution is -2.45. The highest BCUT2D eigenvalue weighted by atomic mass is 19.1. The monoisotopic (exact) mass is 421 g/mol. The number of nitrogens with zero attached hydrogens (tertiary/aromatic N) is 3. The van der Waals surface area contributed by atoms with Gasteiger partial charge in [-0.2, -0.15) is 0 Å². The zero-order valence-electron chi connectivity index (χ0n) is 18.2. The molecule has 164 valence electrons. The summed E-state index contributed by atoms with van der Waals surface area (Å²) < 4.78 is 14.7. The number of anilines is 2. The number of halogens is 1. The summed E-state index contributed by atoms with van der Waals surface area (Å²) in [4.78, 5) is 18.9. The zero-order valence-corrected chi connectivity index (χ0v) is 18.2. The SMILES string of the molecule is O=C1CCCCN1CCCCN1CCC2C(C1)c1ccccc1N2c1ccccc1F. The molecule has 0 N–H and O–H groups in total. The number of carbonyl (C=O) groups is 1. The molecule has 3 aliphatic heterocycles. The zero-order chi connectivity index (χ0) is 21.2. The molecular weight excluding hydrogens is 389 g/mol. The summed E-state index contributed by atoms with van der Waals surface area (Å²) >= 11 is 0. The van der Waals surface area contributed by atoms with E-state index in [4.69, 9.17) is 0 Å². The molecule has 0 bridgehead atoms. The Balaban J connectivity index is 1.23. The van der Waals surface area contributed by atoms with E-state index in [1.807, 2.05) is 12.1 Å². The number of unbranched alkanes of at least 4 members (excludes halogenated alkanes) is 1. The van der Waals surface area contributed by atoms with Crippen molar-refractivity contribution in [2.45, 2.75) is 50.5 Å². The minimum atomic E-state index is -0.146. The van der Waals surface area contributed by atoms with E-state index in [9.17, 15) is 9.18 Å². The van der Waals surface area contributed by atoms with Crippen LogP contribution >= 0.6 is 0 Å². The van der Waals surface area contributed by atoms with E-state index in [1.54, 1.807) is 12.1 Å². The van der Waals surface area contributed by atoms with Crippen LogP contribution in [0.25, 0.3) is 0 Å². The van der Waals surface area contributed by atoms with E-state index in [2.05, 4.69) is 39.0 Å². The Hall–Kier alpha value is -2.40. The molecule has 0 aliphatic carbocycles. The van der Waals surface area contributed by atoms with E-state index in [0.717, 1.165) is 76.9 Å². The summed E-state index contributed by atoms with van der Waals surface area (Å²) in [6.07, 6.45) is 6.18. The normalized spacial score (nSPS) is 23.7. The summed E-state index contributed by atoms with van der Waals surface area (Å²) in [5, 5.41) is 0. The number of likely N-dealkylation sites (tertiary alicyclic amines) is 2. The first-order chi connectivity index (χ1) is 15.2. The maximum atomic E-state index is 14.7. The fraction of sp³-hybridized carbons (Fsp3) is 0.500. The second kappa shape index (κ2) is 8.99. The van der Waals surface area contributed by atoms with Gasteiger partial charge in [0, 0.05) is 50.2 Å². The molecule has 5 rings (SSSR count). The first kappa shape index (κ1) is 20.5. The van der Waals surface area contributed by atoms with Crippen LogP contribution in [-0.4, -0.2) is 54.5 Å². The topological polar surface area (TPSA) is 26.8 Å². The molecule has 2 saturated heterocycles. The van der Waals surface area contributed by atoms with Crippen LogP contribution in [0.5, 0.6) is 0 Å². The van der Waals surface area contributed by atoms with Crippen LogP contribution in [0.1, 0.15) is 50.0 Å². The Kier molecular flexibility index (Phi) is 5.95. The van der Waals surface area contributed by atoms with Gasteiger partial charge in [-0.1, -0.05) is 30.3 Å². The predicted octanol–water partition coefficient (Wildman–Crippen LogP) is 4.93. The Labute approximate surface area is 184 Å². The lowest BCUT2D eigenvalue weighted by Gasteiger charge is -2.39. The van der Waals surface area contributed by atoms with Crippen LogP contribution in [-0.2, 0) is 4.79 Å². The molecule has 4 nitrogen and oxygen atoms in total. The molecule has 2 unspecified atom stereocenters. The third-order valence-electron chi connectivity index (χ3n) is 7.27. The van der Waals surface area contributed by atoms with Crippen LogP contribution < -0.4 is 4.90 Å². The number of hydrogen-bond donors (Lipinski definition) is 0. The average Bonchev–Trinajstić information content (AvgIpc) is 3.12. The average molecular weight is 422 g/mol. The van der Waals surface area contributed by atoms with Crippen LogP contribution in [0.15, 0.2) is 48.5 Å². The number of hydrogen-bond acceptors (Lipinski definition) is 3. The van der Waals surface area contributed by atoms with Gasteiger partial charge >= 0.3 is 0 Å². The lowest BCUT2D eigenvalue weighted by atomic mass is 9.89. The van der Waals surface area contributed by atoms with Crippen molar-refractivity contribution in [2.24, 2.45) is 0 Å². The smallest absolute Gasteiger partial charge is 0.222 e. The summed E-state index contributed by atoms with van der Waals surface area (Å²) in [6, 6.07) is 16.0. The van der Waals surface area contributed by atoms with Crippen molar-refractivity contribution < 1.29 is 9.18 Å². The van der Waals surface area contributed by atoms with Gasteiger partial charge in [-0.25, -0.2) is 4.39 Å². The molecule has 0 radical (unpaired) electrons. The van der Waals surface area contributed by atoms with Crippen LogP contribution in [0.3, 0.4) is 0 Å². The molecule has 2 fully saturated rings. The van der Waals surface area contributed by atoms with Gasteiger partial charge in [0.15, 0.2) is 0 Å². The third kappa shape index (κ3) is 4.08. The van der Waals surface area contributed by atoms with Gasteiger partial charge in [0.25, 0.3) is 0 Å². The molecule has 5 heteroatoms. The van der Waals surface area contributed by atoms with Crippen molar-refractivity contribution in [3.05, 3.63) is 59.9 Å². The second-order valence-electron chi connectivity index (χ2n) is 9.19. The van der Waals surface area contributed by atoms with Gasteiger partial charge in [0.05, 0.1) is 5.69 Å². The Morgan fingerprint density at radius 2 is 1.68 bits per heavy atom. The highest BCUT2D eigenvalue weighted by Gasteiger charge is 2.42. The summed E-state index contributed by atoms with van der Waals surface area (Å²) in [5.41, 5.74) is 3.20. The van der Waals surface area contributed by atoms with Gasteiger partial charge < -0.3 is 14.7 Å². The number of piperidine rings is 2. The van der Waals surface area contributed by atoms with Crippen molar-refractivity contribution in [3.63, 3.8) is 0 Å². The largest absolute Gasteiger partial charge is 0.343 e. The Morgan fingerprint density at radius 3 is 2.52 bits per heavy atom. The molecule has 2 aromatic carbocycles. The number of para-hydroxylation sites is 2. The van der Waals surface area contributed by atoms with Crippen molar-refractivity contribution >= 4 is 17.3 Å². The van der Waals surface area contributed by atoms with Gasteiger partial charge in [-0.05, 0) is 62.4 Å². The molecule has 2 aromatic rings. The van der Waals surface area contributed by atoms with Gasteiger partial charge in [-0.3, -0.25) is 4.79 Å². The summed E-state index contributed by atoms with van der Waals surface area (Å²) in [5.74, 6) is 0.601. The fourth-order valence-electron chi connectivity index (χ4n) is 5.72. The predicted molar refractivity (Wildman–Crippen MR) is 122 cm³/mol. The molecule has 0 spiro atoms. The molecule has 3 aliphatic rings. The standard InChI is InChI=1S/C26H32FN3O/c27-22-10-2-4-12-25(22)30-23-11-3-1-9-20(23)21-19-28(18-14-24(21)30)15-7-8-17-29-16-6-5-13-26(29)31/h1-4,9-12,21,24H,5-8,13-19H2. The van der Waals surface area contributed by atoms with Gasteiger partial charge in [-0.15, -0.1) is 0 Å². The van der Waals surface area contributed by atoms with Crippen LogP contribution in [0.4, 0.5) is 15.8 Å². The summed E-state index contributed by atoms with van der Waals surface area (Å²) in [7, 11) is 0. The number of benzene rings is 2. The van der Waals surface area contributed by atoms with Crippen molar-refractivity contribution in [3.8, 4) is 0 Å². The first-order valence-corrected chi connectivity index (χ1v) is 11.9. The van der Waals surface area contributed by atoms with Crippen molar-refractivity contribution in [1.82, 2.24) is 9.80 Å². The third-order valence-corrected chi connectivity index (χ3v) is 7.27. The second-order valence-corrected chi connectivity index (χ2v) is 9.19. The fourth-order valence-corrected chi connectivity index (χ4v) is 5.72. The molecule has 1 amide bonds.